The molecule has 2 aliphatic rings. The summed E-state index contributed by atoms with van der Waals surface area (Å²) < 4.78 is 6.03. The maximum atomic E-state index is 12.2. The molecular formula is C12H14BrNO2. The molecule has 0 aromatic carbocycles. The normalized spacial score (nSPS) is 26.9. The maximum Gasteiger partial charge on any atom is 0.202 e. The van der Waals surface area contributed by atoms with E-state index in [2.05, 4.69) is 21.2 Å². The highest BCUT2D eigenvalue weighted by Gasteiger charge is 2.58. The molecule has 16 heavy (non-hydrogen) atoms. The number of halogens is 1. The minimum absolute atomic E-state index is 0.179. The van der Waals surface area contributed by atoms with Crippen molar-refractivity contribution >= 4 is 21.7 Å². The largest absolute Gasteiger partial charge is 0.460 e. The Labute approximate surface area is 103 Å². The van der Waals surface area contributed by atoms with Gasteiger partial charge in [0.2, 0.25) is 5.78 Å². The number of carbonyl (C=O) groups is 1. The number of Topliss-reactive ketones (excluding diaryl/α,β-unsaturated/α-hetero) is 1. The third kappa shape index (κ3) is 1.55. The zero-order chi connectivity index (χ0) is 11.2. The van der Waals surface area contributed by atoms with E-state index in [0.29, 0.717) is 5.76 Å². The maximum absolute atomic E-state index is 12.2. The van der Waals surface area contributed by atoms with Crippen LogP contribution in [0.4, 0.5) is 0 Å². The Morgan fingerprint density at radius 3 is 2.88 bits per heavy atom. The lowest BCUT2D eigenvalue weighted by Gasteiger charge is -2.22. The van der Waals surface area contributed by atoms with Gasteiger partial charge in [0.25, 0.3) is 0 Å². The molecule has 1 saturated heterocycles. The molecule has 1 aliphatic heterocycles. The SMILES string of the molecule is O=C(c1occc1Br)C1CC12CCNCC2. The zero-order valence-corrected chi connectivity index (χ0v) is 10.5. The summed E-state index contributed by atoms with van der Waals surface area (Å²) in [5.41, 5.74) is 0.286. The summed E-state index contributed by atoms with van der Waals surface area (Å²) in [4.78, 5) is 12.2. The second kappa shape index (κ2) is 3.70. The van der Waals surface area contributed by atoms with E-state index in [1.807, 2.05) is 0 Å². The fraction of sp³-hybridized carbons (Fsp3) is 0.583. The number of rotatable bonds is 2. The fourth-order valence-corrected chi connectivity index (χ4v) is 3.22. The standard InChI is InChI=1S/C12H14BrNO2/c13-9-1-6-16-11(9)10(15)8-7-12(8)2-4-14-5-3-12/h1,6,8,14H,2-5,7H2. The third-order valence-electron chi connectivity index (χ3n) is 3.95. The average molecular weight is 284 g/mol. The molecule has 3 rings (SSSR count). The van der Waals surface area contributed by atoms with Gasteiger partial charge in [-0.3, -0.25) is 4.79 Å². The number of furan rings is 1. The van der Waals surface area contributed by atoms with Gasteiger partial charge in [0.05, 0.1) is 10.7 Å². The number of hydrogen-bond acceptors (Lipinski definition) is 3. The van der Waals surface area contributed by atoms with Gasteiger partial charge < -0.3 is 9.73 Å². The van der Waals surface area contributed by atoms with Gasteiger partial charge in [-0.15, -0.1) is 0 Å². The van der Waals surface area contributed by atoms with Crippen LogP contribution in [0, 0.1) is 11.3 Å². The van der Waals surface area contributed by atoms with Gasteiger partial charge in [-0.25, -0.2) is 0 Å². The van der Waals surface area contributed by atoms with Crippen molar-refractivity contribution in [3.05, 3.63) is 22.6 Å². The summed E-state index contributed by atoms with van der Waals surface area (Å²) >= 11 is 3.35. The minimum Gasteiger partial charge on any atom is -0.460 e. The Morgan fingerprint density at radius 1 is 1.50 bits per heavy atom. The van der Waals surface area contributed by atoms with Crippen LogP contribution in [0.25, 0.3) is 0 Å². The predicted molar refractivity (Wildman–Crippen MR) is 63.4 cm³/mol. The first-order valence-electron chi connectivity index (χ1n) is 5.71. The molecule has 4 heteroatoms. The second-order valence-corrected chi connectivity index (χ2v) is 5.69. The lowest BCUT2D eigenvalue weighted by Crippen LogP contribution is -2.30. The number of ketones is 1. The van der Waals surface area contributed by atoms with Gasteiger partial charge >= 0.3 is 0 Å². The molecule has 1 spiro atoms. The van der Waals surface area contributed by atoms with Crippen LogP contribution in [0.3, 0.4) is 0 Å². The van der Waals surface area contributed by atoms with E-state index in [-0.39, 0.29) is 17.1 Å². The molecule has 1 N–H and O–H groups in total. The lowest BCUT2D eigenvalue weighted by molar-refractivity contribution is 0.0912. The Kier molecular flexibility index (Phi) is 2.44. The van der Waals surface area contributed by atoms with E-state index in [4.69, 9.17) is 4.42 Å². The Hall–Kier alpha value is -0.610. The minimum atomic E-state index is 0.179. The first kappa shape index (κ1) is 10.5. The Bertz CT molecular complexity index is 420. The van der Waals surface area contributed by atoms with Crippen LogP contribution < -0.4 is 5.32 Å². The van der Waals surface area contributed by atoms with E-state index in [1.54, 1.807) is 12.3 Å². The summed E-state index contributed by atoms with van der Waals surface area (Å²) in [6, 6.07) is 1.78. The molecule has 1 aromatic rings. The Morgan fingerprint density at radius 2 is 2.25 bits per heavy atom. The highest BCUT2D eigenvalue weighted by Crippen LogP contribution is 2.59. The van der Waals surface area contributed by atoms with Crippen molar-refractivity contribution in [3.8, 4) is 0 Å². The lowest BCUT2D eigenvalue weighted by atomic mass is 9.90. The first-order valence-corrected chi connectivity index (χ1v) is 6.50. The number of nitrogens with one attached hydrogen (secondary N) is 1. The predicted octanol–water partition coefficient (Wildman–Crippen LogP) is 2.61. The van der Waals surface area contributed by atoms with Gasteiger partial charge in [-0.2, -0.15) is 0 Å². The van der Waals surface area contributed by atoms with E-state index in [1.165, 1.54) is 0 Å². The molecule has 86 valence electrons. The van der Waals surface area contributed by atoms with Crippen molar-refractivity contribution in [3.63, 3.8) is 0 Å². The van der Waals surface area contributed by atoms with Gasteiger partial charge in [-0.1, -0.05) is 0 Å². The van der Waals surface area contributed by atoms with Crippen molar-refractivity contribution in [1.29, 1.82) is 0 Å². The van der Waals surface area contributed by atoms with Gasteiger partial charge in [0.15, 0.2) is 5.76 Å². The van der Waals surface area contributed by atoms with Crippen LogP contribution in [0.2, 0.25) is 0 Å². The van der Waals surface area contributed by atoms with E-state index in [9.17, 15) is 4.79 Å². The summed E-state index contributed by atoms with van der Waals surface area (Å²) in [5.74, 6) is 0.872. The van der Waals surface area contributed by atoms with E-state index < -0.39 is 0 Å². The molecule has 0 radical (unpaired) electrons. The fourth-order valence-electron chi connectivity index (χ4n) is 2.82. The highest BCUT2D eigenvalue weighted by atomic mass is 79.9. The topological polar surface area (TPSA) is 42.2 Å². The number of hydrogen-bond donors (Lipinski definition) is 1. The quantitative estimate of drug-likeness (QED) is 0.849. The van der Waals surface area contributed by atoms with Gasteiger partial charge in [-0.05, 0) is 59.8 Å². The van der Waals surface area contributed by atoms with Crippen LogP contribution in [0.1, 0.15) is 29.8 Å². The van der Waals surface area contributed by atoms with Gasteiger partial charge in [0.1, 0.15) is 0 Å². The molecule has 1 unspecified atom stereocenters. The highest BCUT2D eigenvalue weighted by molar-refractivity contribution is 9.10. The molecule has 2 heterocycles. The van der Waals surface area contributed by atoms with Crippen molar-refractivity contribution in [2.75, 3.05) is 13.1 Å². The molecule has 0 bridgehead atoms. The summed E-state index contributed by atoms with van der Waals surface area (Å²) in [7, 11) is 0. The van der Waals surface area contributed by atoms with Crippen molar-refractivity contribution < 1.29 is 9.21 Å². The molecule has 1 aromatic heterocycles. The summed E-state index contributed by atoms with van der Waals surface area (Å²) in [5, 5.41) is 3.34. The van der Waals surface area contributed by atoms with E-state index in [0.717, 1.165) is 36.8 Å². The second-order valence-electron chi connectivity index (χ2n) is 4.83. The molecular weight excluding hydrogens is 270 g/mol. The molecule has 2 fully saturated rings. The monoisotopic (exact) mass is 283 g/mol. The van der Waals surface area contributed by atoms with Crippen molar-refractivity contribution in [1.82, 2.24) is 5.32 Å². The van der Waals surface area contributed by atoms with Crippen LogP contribution in [-0.4, -0.2) is 18.9 Å². The first-order chi connectivity index (χ1) is 7.73. The molecule has 3 nitrogen and oxygen atoms in total. The number of carbonyl (C=O) groups excluding carboxylic acids is 1. The van der Waals surface area contributed by atoms with Crippen molar-refractivity contribution in [2.45, 2.75) is 19.3 Å². The zero-order valence-electron chi connectivity index (χ0n) is 8.96. The van der Waals surface area contributed by atoms with Crippen LogP contribution in [0.15, 0.2) is 21.2 Å². The van der Waals surface area contributed by atoms with Crippen molar-refractivity contribution in [2.24, 2.45) is 11.3 Å². The summed E-state index contributed by atoms with van der Waals surface area (Å²) in [6.45, 7) is 2.09. The molecule has 0 amide bonds. The van der Waals surface area contributed by atoms with E-state index >= 15 is 0 Å². The average Bonchev–Trinajstić information content (AvgIpc) is 2.80. The van der Waals surface area contributed by atoms with Crippen LogP contribution in [0.5, 0.6) is 0 Å². The smallest absolute Gasteiger partial charge is 0.202 e. The summed E-state index contributed by atoms with van der Waals surface area (Å²) in [6.07, 6.45) is 4.86. The van der Waals surface area contributed by atoms with Crippen LogP contribution in [-0.2, 0) is 0 Å². The van der Waals surface area contributed by atoms with Gasteiger partial charge in [0, 0.05) is 5.92 Å². The van der Waals surface area contributed by atoms with Crippen LogP contribution >= 0.6 is 15.9 Å². The molecule has 1 aliphatic carbocycles. The third-order valence-corrected chi connectivity index (χ3v) is 4.57. The Balaban J connectivity index is 1.77. The number of piperidine rings is 1. The molecule has 1 saturated carbocycles. The molecule has 1 atom stereocenters.